The summed E-state index contributed by atoms with van der Waals surface area (Å²) in [6.07, 6.45) is 8.67. The Balaban J connectivity index is 0.000000159. The summed E-state index contributed by atoms with van der Waals surface area (Å²) >= 11 is 11.4. The van der Waals surface area contributed by atoms with Crippen molar-refractivity contribution in [2.24, 2.45) is 0 Å². The maximum absolute atomic E-state index is 12.8. The first-order valence-electron chi connectivity index (χ1n) is 26.2. The zero-order valence-electron chi connectivity index (χ0n) is 47.0. The minimum atomic E-state index is -4.70. The third-order valence-corrected chi connectivity index (χ3v) is 14.5. The largest absolute Gasteiger partial charge is 0.471 e. The molecule has 0 aliphatic heterocycles. The number of thiophene rings is 2. The Kier molecular flexibility index (Phi) is 22.7. The molecule has 13 aromatic rings. The fraction of sp³-hybridized carbons (Fsp3) is 0.0690. The summed E-state index contributed by atoms with van der Waals surface area (Å²) in [5, 5.41) is 35.6. The van der Waals surface area contributed by atoms with Gasteiger partial charge in [-0.05, 0) is 60.7 Å². The lowest BCUT2D eigenvalue weighted by molar-refractivity contribution is -0.160. The highest BCUT2D eigenvalue weighted by molar-refractivity contribution is 9.08. The Morgan fingerprint density at radius 1 is 0.511 bits per heavy atom. The summed E-state index contributed by atoms with van der Waals surface area (Å²) in [5.74, 6) is -0.0472. The molecule has 3 aromatic carbocycles. The van der Waals surface area contributed by atoms with Crippen molar-refractivity contribution in [1.82, 2.24) is 86.9 Å². The van der Waals surface area contributed by atoms with Crippen LogP contribution in [0.4, 0.5) is 55.4 Å². The molecule has 0 saturated carbocycles. The second-order valence-electron chi connectivity index (χ2n) is 17.4. The molecule has 0 saturated heterocycles. The van der Waals surface area contributed by atoms with E-state index in [0.717, 1.165) is 43.5 Å². The molecule has 0 aliphatic carbocycles. The number of nitrogens with one attached hydrogen (secondary N) is 1. The zero-order valence-corrected chi connectivity index (χ0v) is 49.9. The van der Waals surface area contributed by atoms with Gasteiger partial charge in [0.2, 0.25) is 11.6 Å². The van der Waals surface area contributed by atoms with Gasteiger partial charge < -0.3 is 31.1 Å². The van der Waals surface area contributed by atoms with Gasteiger partial charge in [-0.1, -0.05) is 129 Å². The lowest BCUT2D eigenvalue weighted by atomic mass is 10.1. The average molecular weight is 1350 g/mol. The quantitative estimate of drug-likeness (QED) is 0.0756. The van der Waals surface area contributed by atoms with Crippen molar-refractivity contribution in [2.45, 2.75) is 24.2 Å². The number of nitrogens with two attached hydrogens (primary N) is 1. The molecule has 0 atom stereocenters. The van der Waals surface area contributed by atoms with Crippen LogP contribution in [0.15, 0.2) is 216 Å². The molecule has 456 valence electrons. The maximum Gasteiger partial charge on any atom is 0.471 e. The highest BCUT2D eigenvalue weighted by atomic mass is 79.9. The monoisotopic (exact) mass is 1350 g/mol. The number of anilines is 5. The highest BCUT2D eigenvalue weighted by Crippen LogP contribution is 2.35. The molecule has 0 amide bonds. The van der Waals surface area contributed by atoms with Crippen molar-refractivity contribution in [3.63, 3.8) is 0 Å². The molecular formula is C58H44BrClF6N20O2S2. The normalized spacial score (nSPS) is 10.8. The van der Waals surface area contributed by atoms with Crippen molar-refractivity contribution < 1.29 is 36.8 Å². The van der Waals surface area contributed by atoms with Gasteiger partial charge in [-0.2, -0.15) is 36.3 Å². The molecule has 22 nitrogen and oxygen atoms in total. The number of nitrogens with zero attached hydrogens (tertiary/aromatic N) is 17. The summed E-state index contributed by atoms with van der Waals surface area (Å²) in [5.41, 5.74) is 10.6. The summed E-state index contributed by atoms with van der Waals surface area (Å²) in [6.45, 7) is 0.326. The van der Waals surface area contributed by atoms with Gasteiger partial charge in [-0.25, -0.2) is 15.0 Å². The van der Waals surface area contributed by atoms with Gasteiger partial charge in [0.15, 0.2) is 22.6 Å². The second-order valence-corrected chi connectivity index (χ2v) is 20.7. The van der Waals surface area contributed by atoms with Gasteiger partial charge in [0.1, 0.15) is 13.0 Å². The Hall–Kier alpha value is -10.5. The SMILES string of the molecule is Clc1ccc(-c2ccccc2)nn1.FC(F)(F)c1nc(-c2ccc(CBr)s2)no1.FC(F)(F)c1nc(-c2ccc(CN(c3cnccn3)c3ccc(-c4ccccc4)nn3)s2)no1.Nc1cnccn1.[2H]N.c1ccc(-c2ccc(Nc3cnccn3)nn2)cc1. The number of aromatic nitrogens is 16. The molecule has 0 bridgehead atoms. The van der Waals surface area contributed by atoms with E-state index in [2.05, 4.69) is 117 Å². The van der Waals surface area contributed by atoms with Crippen LogP contribution in [0.5, 0.6) is 0 Å². The highest BCUT2D eigenvalue weighted by Gasteiger charge is 2.39. The Labute approximate surface area is 529 Å². The van der Waals surface area contributed by atoms with Gasteiger partial charge in [0, 0.05) is 69.0 Å². The Morgan fingerprint density at radius 3 is 1.40 bits per heavy atom. The Morgan fingerprint density at radius 2 is 1.00 bits per heavy atom. The van der Waals surface area contributed by atoms with E-state index >= 15 is 0 Å². The molecule has 0 spiro atoms. The van der Waals surface area contributed by atoms with Crippen LogP contribution in [0.25, 0.3) is 55.2 Å². The van der Waals surface area contributed by atoms with E-state index < -0.39 is 24.1 Å². The minimum Gasteiger partial charge on any atom is -0.382 e. The predicted octanol–water partition coefficient (Wildman–Crippen LogP) is 14.8. The molecule has 10 aromatic heterocycles. The molecule has 32 heteroatoms. The van der Waals surface area contributed by atoms with Crippen molar-refractivity contribution in [3.8, 4) is 55.2 Å². The number of halogens is 8. The summed E-state index contributed by atoms with van der Waals surface area (Å²) in [6, 6.07) is 47.4. The van der Waals surface area contributed by atoms with Crippen LogP contribution >= 0.6 is 50.2 Å². The molecule has 0 fully saturated rings. The third-order valence-electron chi connectivity index (χ3n) is 11.2. The van der Waals surface area contributed by atoms with Crippen molar-refractivity contribution in [2.75, 3.05) is 16.0 Å². The number of rotatable bonds is 12. The standard InChI is InChI=1S/C22H14F3N7OS.C14H11N5.C10H7ClN2.C8H4BrF3N2OS.C4H5N3.H3N/c23-22(24,25)21-28-20(31-33-21)17-8-6-15(34-17)13-32(19-12-26-10-11-27-19)18-9-7-16(29-30-18)14-4-2-1-3-5-14;1-2-4-11(5-3-1)12-6-7-13(19-18-12)17-14-10-15-8-9-16-14;11-10-7-6-9(12-13-10)8-4-2-1-3-5-8;9-3-4-1-2-5(16-4)6-13-7(15-14-6)8(10,11)12;5-4-3-6-1-2-7-4;/h1-12H,13H2;1-10H,(H,16,17,19);1-7H;1-2H,3H2;1-3H,(H2,5,7);1H3/i/hD. The summed E-state index contributed by atoms with van der Waals surface area (Å²) in [4.78, 5) is 35.3. The van der Waals surface area contributed by atoms with Gasteiger partial charge in [-0.15, -0.1) is 53.3 Å². The van der Waals surface area contributed by atoms with Crippen molar-refractivity contribution in [3.05, 3.63) is 234 Å². The van der Waals surface area contributed by atoms with E-state index in [1.54, 1.807) is 79.9 Å². The van der Waals surface area contributed by atoms with E-state index in [9.17, 15) is 26.3 Å². The first-order valence-corrected chi connectivity index (χ1v) is 28.8. The first kappa shape index (κ1) is 64.0. The average Bonchev–Trinajstić information content (AvgIpc) is 2.19. The molecule has 0 radical (unpaired) electrons. The van der Waals surface area contributed by atoms with Crippen LogP contribution in [0, 0.1) is 0 Å². The number of alkyl halides is 7. The van der Waals surface area contributed by atoms with Crippen LogP contribution in [0.3, 0.4) is 0 Å². The molecule has 90 heavy (non-hydrogen) atoms. The van der Waals surface area contributed by atoms with Gasteiger partial charge in [0.25, 0.3) is 0 Å². The first-order chi connectivity index (χ1) is 44.1. The van der Waals surface area contributed by atoms with E-state index in [4.69, 9.17) is 18.7 Å². The zero-order chi connectivity index (χ0) is 64.4. The maximum atomic E-state index is 12.8. The van der Waals surface area contributed by atoms with E-state index in [0.29, 0.717) is 55.9 Å². The molecule has 10 heterocycles. The Bertz CT molecular complexity index is 4200. The lowest BCUT2D eigenvalue weighted by Gasteiger charge is -2.21. The molecular weight excluding hydrogens is 1300 g/mol. The minimum absolute atomic E-state index is 0.0375. The predicted molar refractivity (Wildman–Crippen MR) is 330 cm³/mol. The number of nitrogen functional groups attached to an aromatic ring is 1. The van der Waals surface area contributed by atoms with Crippen molar-refractivity contribution in [1.29, 1.82) is 0 Å². The smallest absolute Gasteiger partial charge is 0.382 e. The second kappa shape index (κ2) is 32.0. The fourth-order valence-electron chi connectivity index (χ4n) is 7.17. The van der Waals surface area contributed by atoms with Crippen LogP contribution in [0.2, 0.25) is 6.56 Å². The van der Waals surface area contributed by atoms with Gasteiger partial charge in [0.05, 0.1) is 52.0 Å². The molecule has 6 N–H and O–H groups in total. The lowest BCUT2D eigenvalue weighted by Crippen LogP contribution is -2.19. The summed E-state index contributed by atoms with van der Waals surface area (Å²) in [7, 11) is 0. The third kappa shape index (κ3) is 19.3. The fourth-order valence-corrected chi connectivity index (χ4v) is 9.51. The summed E-state index contributed by atoms with van der Waals surface area (Å²) < 4.78 is 88.6. The van der Waals surface area contributed by atoms with Crippen LogP contribution in [0.1, 0.15) is 21.5 Å². The number of hydrogen-bond acceptors (Lipinski definition) is 24. The van der Waals surface area contributed by atoms with Gasteiger partial charge in [-0.3, -0.25) is 15.0 Å². The van der Waals surface area contributed by atoms with E-state index in [1.165, 1.54) is 28.9 Å². The van der Waals surface area contributed by atoms with Crippen LogP contribution < -0.4 is 22.1 Å². The topological polar surface area (TPSA) is 309 Å². The number of benzene rings is 3. The molecule has 13 rings (SSSR count). The molecule has 0 aliphatic rings. The number of hydrogen-bond donors (Lipinski definition) is 3. The van der Waals surface area contributed by atoms with Gasteiger partial charge >= 0.3 is 24.1 Å². The molecule has 0 unspecified atom stereocenters. The van der Waals surface area contributed by atoms with Crippen LogP contribution in [-0.2, 0) is 24.2 Å². The van der Waals surface area contributed by atoms with E-state index in [1.807, 2.05) is 126 Å². The van der Waals surface area contributed by atoms with Crippen LogP contribution in [-0.4, -0.2) is 80.8 Å². The van der Waals surface area contributed by atoms with E-state index in [-0.39, 0.29) is 11.6 Å². The van der Waals surface area contributed by atoms with Crippen molar-refractivity contribution >= 4 is 79.3 Å².